The van der Waals surface area contributed by atoms with E-state index >= 15 is 0 Å². The third-order valence-corrected chi connectivity index (χ3v) is 6.21. The summed E-state index contributed by atoms with van der Waals surface area (Å²) in [5.41, 5.74) is 7.99. The van der Waals surface area contributed by atoms with Gasteiger partial charge < -0.3 is 39.6 Å². The Morgan fingerprint density at radius 1 is 0.889 bits per heavy atom. The van der Waals surface area contributed by atoms with E-state index in [-0.39, 0.29) is 12.7 Å². The molecule has 2 aliphatic heterocycles. The number of rotatable bonds is 8. The van der Waals surface area contributed by atoms with Crippen molar-refractivity contribution in [1.82, 2.24) is 14.9 Å². The van der Waals surface area contributed by atoms with Gasteiger partial charge in [-0.2, -0.15) is 9.97 Å². The molecule has 3 heterocycles. The number of methoxy groups -OCH3 is 3. The summed E-state index contributed by atoms with van der Waals surface area (Å²) in [5, 5.41) is 3.28. The number of nitrogen functional groups attached to an aromatic ring is 1. The maximum Gasteiger partial charge on any atom is 0.231 e. The summed E-state index contributed by atoms with van der Waals surface area (Å²) in [7, 11) is 4.72. The topological polar surface area (TPSA) is 116 Å². The van der Waals surface area contributed by atoms with Crippen molar-refractivity contribution in [3.05, 3.63) is 42.0 Å². The van der Waals surface area contributed by atoms with Crippen molar-refractivity contribution >= 4 is 23.3 Å². The Labute approximate surface area is 209 Å². The molecule has 1 aromatic heterocycles. The molecule has 3 N–H and O–H groups in total. The van der Waals surface area contributed by atoms with Gasteiger partial charge in [-0.15, -0.1) is 0 Å². The zero-order valence-electron chi connectivity index (χ0n) is 20.6. The molecule has 5 rings (SSSR count). The summed E-state index contributed by atoms with van der Waals surface area (Å²) in [5.74, 6) is 4.78. The summed E-state index contributed by atoms with van der Waals surface area (Å²) in [6.45, 7) is 4.58. The Hall–Kier alpha value is -4.12. The Kier molecular flexibility index (Phi) is 6.72. The van der Waals surface area contributed by atoms with E-state index in [2.05, 4.69) is 37.2 Å². The number of nitrogens with one attached hydrogen (secondary N) is 1. The van der Waals surface area contributed by atoms with Crippen molar-refractivity contribution in [2.45, 2.75) is 6.54 Å². The van der Waals surface area contributed by atoms with Crippen LogP contribution in [-0.4, -0.2) is 69.2 Å². The van der Waals surface area contributed by atoms with Crippen LogP contribution in [-0.2, 0) is 6.54 Å². The maximum atomic E-state index is 6.06. The normalized spacial score (nSPS) is 15.0. The predicted octanol–water partition coefficient (Wildman–Crippen LogP) is 2.88. The zero-order valence-corrected chi connectivity index (χ0v) is 20.6. The van der Waals surface area contributed by atoms with Gasteiger partial charge >= 0.3 is 0 Å². The number of anilines is 4. The molecule has 1 fully saturated rings. The van der Waals surface area contributed by atoms with Crippen molar-refractivity contribution in [2.24, 2.45) is 0 Å². The fourth-order valence-electron chi connectivity index (χ4n) is 4.41. The van der Waals surface area contributed by atoms with E-state index in [1.54, 1.807) is 21.3 Å². The summed E-state index contributed by atoms with van der Waals surface area (Å²) in [4.78, 5) is 13.5. The Balaban J connectivity index is 1.25. The fraction of sp³-hybridized carbons (Fsp3) is 0.360. The monoisotopic (exact) mass is 494 g/mol. The average molecular weight is 495 g/mol. The second-order valence-electron chi connectivity index (χ2n) is 8.46. The number of hydrogen-bond donors (Lipinski definition) is 2. The van der Waals surface area contributed by atoms with Crippen LogP contribution >= 0.6 is 0 Å². The minimum Gasteiger partial charge on any atom is -0.493 e. The van der Waals surface area contributed by atoms with E-state index in [0.717, 1.165) is 55.7 Å². The van der Waals surface area contributed by atoms with Gasteiger partial charge in [0, 0.05) is 56.6 Å². The summed E-state index contributed by atoms with van der Waals surface area (Å²) >= 11 is 0. The van der Waals surface area contributed by atoms with E-state index in [1.165, 1.54) is 5.56 Å². The fourth-order valence-corrected chi connectivity index (χ4v) is 4.41. The quantitative estimate of drug-likeness (QED) is 0.481. The molecule has 36 heavy (non-hydrogen) atoms. The highest BCUT2D eigenvalue weighted by Crippen LogP contribution is 2.40. The zero-order chi connectivity index (χ0) is 25.1. The Morgan fingerprint density at radius 3 is 2.31 bits per heavy atom. The Morgan fingerprint density at radius 2 is 1.61 bits per heavy atom. The predicted molar refractivity (Wildman–Crippen MR) is 136 cm³/mol. The van der Waals surface area contributed by atoms with Gasteiger partial charge in [0.1, 0.15) is 11.6 Å². The average Bonchev–Trinajstić information content (AvgIpc) is 3.36. The largest absolute Gasteiger partial charge is 0.493 e. The van der Waals surface area contributed by atoms with Crippen molar-refractivity contribution in [3.63, 3.8) is 0 Å². The first kappa shape index (κ1) is 23.6. The molecule has 190 valence electrons. The maximum absolute atomic E-state index is 6.06. The molecular weight excluding hydrogens is 464 g/mol. The van der Waals surface area contributed by atoms with Gasteiger partial charge in [0.05, 0.1) is 21.3 Å². The third-order valence-electron chi connectivity index (χ3n) is 6.21. The van der Waals surface area contributed by atoms with Crippen LogP contribution in [0.25, 0.3) is 0 Å². The second-order valence-corrected chi connectivity index (χ2v) is 8.46. The van der Waals surface area contributed by atoms with Gasteiger partial charge in [-0.1, -0.05) is 6.07 Å². The van der Waals surface area contributed by atoms with Gasteiger partial charge in [0.15, 0.2) is 23.0 Å². The molecule has 0 unspecified atom stereocenters. The molecule has 3 aromatic rings. The highest BCUT2D eigenvalue weighted by molar-refractivity contribution is 5.68. The van der Waals surface area contributed by atoms with Crippen LogP contribution in [0, 0.1) is 0 Å². The summed E-state index contributed by atoms with van der Waals surface area (Å²) in [6, 6.07) is 11.6. The van der Waals surface area contributed by atoms with E-state index in [9.17, 15) is 0 Å². The first-order valence-corrected chi connectivity index (χ1v) is 11.6. The standard InChI is InChI=1S/C25H30N6O5/c1-32-20-11-17(12-21(33-2)24(20)34-3)27-22-13-23(29-25(26)28-22)31-8-6-30(7-9-31)14-16-4-5-18-19(10-16)36-15-35-18/h4-5,10-13H,6-9,14-15H2,1-3H3,(H3,26,27,28,29). The molecule has 0 bridgehead atoms. The lowest BCUT2D eigenvalue weighted by Gasteiger charge is -2.35. The highest BCUT2D eigenvalue weighted by Gasteiger charge is 2.21. The van der Waals surface area contributed by atoms with E-state index in [0.29, 0.717) is 23.1 Å². The van der Waals surface area contributed by atoms with Gasteiger partial charge in [0.2, 0.25) is 18.5 Å². The lowest BCUT2D eigenvalue weighted by atomic mass is 10.1. The van der Waals surface area contributed by atoms with Crippen molar-refractivity contribution in [2.75, 3.05) is 70.3 Å². The van der Waals surface area contributed by atoms with E-state index in [1.807, 2.05) is 24.3 Å². The van der Waals surface area contributed by atoms with Gasteiger partial charge in [-0.25, -0.2) is 0 Å². The van der Waals surface area contributed by atoms with Crippen LogP contribution < -0.4 is 39.6 Å². The number of ether oxygens (including phenoxy) is 5. The molecule has 2 aromatic carbocycles. The number of nitrogens with zero attached hydrogens (tertiary/aromatic N) is 4. The third kappa shape index (κ3) is 4.96. The molecule has 0 aliphatic carbocycles. The molecule has 0 radical (unpaired) electrons. The molecule has 11 heteroatoms. The van der Waals surface area contributed by atoms with Crippen LogP contribution in [0.5, 0.6) is 28.7 Å². The smallest absolute Gasteiger partial charge is 0.231 e. The highest BCUT2D eigenvalue weighted by atomic mass is 16.7. The number of hydrogen-bond acceptors (Lipinski definition) is 11. The summed E-state index contributed by atoms with van der Waals surface area (Å²) < 4.78 is 27.2. The van der Waals surface area contributed by atoms with E-state index in [4.69, 9.17) is 29.4 Å². The van der Waals surface area contributed by atoms with Gasteiger partial charge in [0.25, 0.3) is 0 Å². The number of aromatic nitrogens is 2. The van der Waals surface area contributed by atoms with E-state index < -0.39 is 0 Å². The van der Waals surface area contributed by atoms with Crippen LogP contribution in [0.3, 0.4) is 0 Å². The molecule has 0 atom stereocenters. The molecule has 0 saturated carbocycles. The first-order chi connectivity index (χ1) is 17.6. The number of piperazine rings is 1. The van der Waals surface area contributed by atoms with Crippen molar-refractivity contribution in [1.29, 1.82) is 0 Å². The molecule has 11 nitrogen and oxygen atoms in total. The lowest BCUT2D eigenvalue weighted by Crippen LogP contribution is -2.46. The number of benzene rings is 2. The Bertz CT molecular complexity index is 1210. The molecule has 2 aliphatic rings. The minimum absolute atomic E-state index is 0.199. The van der Waals surface area contributed by atoms with Crippen LogP contribution in [0.15, 0.2) is 36.4 Å². The number of nitrogens with two attached hydrogens (primary N) is 1. The molecule has 1 saturated heterocycles. The minimum atomic E-state index is 0.199. The second kappa shape index (κ2) is 10.2. The summed E-state index contributed by atoms with van der Waals surface area (Å²) in [6.07, 6.45) is 0. The van der Waals surface area contributed by atoms with Crippen LogP contribution in [0.2, 0.25) is 0 Å². The van der Waals surface area contributed by atoms with Gasteiger partial charge in [-0.05, 0) is 17.7 Å². The van der Waals surface area contributed by atoms with Crippen molar-refractivity contribution in [3.8, 4) is 28.7 Å². The molecule has 0 amide bonds. The first-order valence-electron chi connectivity index (χ1n) is 11.6. The SMILES string of the molecule is COc1cc(Nc2cc(N3CCN(Cc4ccc5c(c4)OCO5)CC3)nc(N)n2)cc(OC)c1OC. The van der Waals surface area contributed by atoms with Crippen LogP contribution in [0.4, 0.5) is 23.3 Å². The van der Waals surface area contributed by atoms with Crippen molar-refractivity contribution < 1.29 is 23.7 Å². The van der Waals surface area contributed by atoms with Gasteiger partial charge in [-0.3, -0.25) is 4.90 Å². The molecule has 0 spiro atoms. The van der Waals surface area contributed by atoms with Crippen LogP contribution in [0.1, 0.15) is 5.56 Å². The number of fused-ring (bicyclic) bond motifs is 1. The lowest BCUT2D eigenvalue weighted by molar-refractivity contribution is 0.174. The molecular formula is C25H30N6O5.